The molecule has 0 saturated carbocycles. The van der Waals surface area contributed by atoms with Crippen molar-refractivity contribution in [1.29, 1.82) is 0 Å². The first kappa shape index (κ1) is 29.5. The van der Waals surface area contributed by atoms with Crippen LogP contribution in [0.3, 0.4) is 0 Å². The minimum Gasteiger partial charge on any atom is -0.354 e. The van der Waals surface area contributed by atoms with E-state index in [0.717, 1.165) is 28.8 Å². The highest BCUT2D eigenvalue weighted by atomic mass is 35.5. The highest BCUT2D eigenvalue weighted by Crippen LogP contribution is 2.22. The summed E-state index contributed by atoms with van der Waals surface area (Å²) in [5, 5.41) is 3.27. The molecule has 0 aliphatic rings. The lowest BCUT2D eigenvalue weighted by molar-refractivity contribution is -0.140. The lowest BCUT2D eigenvalue weighted by Gasteiger charge is -2.30. The Labute approximate surface area is 216 Å². The maximum Gasteiger partial charge on any atom is 0.242 e. The molecular formula is C25H32ClF2N3O4S. The standard InChI is InChI=1S/C25H32ClF2N3O4S/c1-17(2)15-29-25(33)18(3)30(16-19-8-5-6-9-21(19)26)24(32)10-7-13-31(36(4,34)35)20-11-12-22(27)23(28)14-20/h5-6,8-9,11-12,14,17-18H,7,10,13,15-16H2,1-4H3,(H,29,33)/t18-/m1/s1. The molecule has 0 fully saturated rings. The number of hydrogen-bond donors (Lipinski definition) is 1. The van der Waals surface area contributed by atoms with Gasteiger partial charge in [0.2, 0.25) is 21.8 Å². The van der Waals surface area contributed by atoms with Crippen molar-refractivity contribution in [1.82, 2.24) is 10.2 Å². The van der Waals surface area contributed by atoms with Gasteiger partial charge < -0.3 is 10.2 Å². The number of halogens is 3. The highest BCUT2D eigenvalue weighted by Gasteiger charge is 2.27. The SMILES string of the molecule is CC(C)CNC(=O)[C@@H](C)N(Cc1ccccc1Cl)C(=O)CCCN(c1ccc(F)c(F)c1)S(C)(=O)=O. The van der Waals surface area contributed by atoms with E-state index in [1.165, 1.54) is 4.90 Å². The van der Waals surface area contributed by atoms with E-state index in [2.05, 4.69) is 5.32 Å². The Morgan fingerprint density at radius 1 is 1.06 bits per heavy atom. The molecule has 1 atom stereocenters. The average Bonchev–Trinajstić information content (AvgIpc) is 2.80. The lowest BCUT2D eigenvalue weighted by Crippen LogP contribution is -2.48. The molecule has 7 nitrogen and oxygen atoms in total. The van der Waals surface area contributed by atoms with Crippen molar-refractivity contribution in [3.8, 4) is 0 Å². The molecule has 0 radical (unpaired) electrons. The van der Waals surface area contributed by atoms with Gasteiger partial charge in [-0.1, -0.05) is 43.6 Å². The number of carbonyl (C=O) groups excluding carboxylic acids is 2. The summed E-state index contributed by atoms with van der Waals surface area (Å²) in [4.78, 5) is 27.4. The van der Waals surface area contributed by atoms with E-state index in [-0.39, 0.29) is 49.4 Å². The molecule has 36 heavy (non-hydrogen) atoms. The summed E-state index contributed by atoms with van der Waals surface area (Å²) >= 11 is 6.28. The van der Waals surface area contributed by atoms with Gasteiger partial charge in [0.15, 0.2) is 11.6 Å². The molecule has 198 valence electrons. The second-order valence-electron chi connectivity index (χ2n) is 8.97. The van der Waals surface area contributed by atoms with E-state index in [9.17, 15) is 26.8 Å². The van der Waals surface area contributed by atoms with Crippen LogP contribution in [-0.2, 0) is 26.2 Å². The normalized spacial score (nSPS) is 12.3. The monoisotopic (exact) mass is 543 g/mol. The number of anilines is 1. The van der Waals surface area contributed by atoms with Crippen molar-refractivity contribution in [2.24, 2.45) is 5.92 Å². The summed E-state index contributed by atoms with van der Waals surface area (Å²) in [7, 11) is -3.83. The lowest BCUT2D eigenvalue weighted by atomic mass is 10.1. The predicted octanol–water partition coefficient (Wildman–Crippen LogP) is 4.35. The Bertz CT molecular complexity index is 1180. The number of nitrogens with one attached hydrogen (secondary N) is 1. The van der Waals surface area contributed by atoms with Gasteiger partial charge in [0, 0.05) is 37.1 Å². The molecule has 0 aliphatic heterocycles. The van der Waals surface area contributed by atoms with Crippen LogP contribution in [-0.4, -0.2) is 50.5 Å². The van der Waals surface area contributed by atoms with Gasteiger partial charge in [0.05, 0.1) is 11.9 Å². The third-order valence-corrected chi connectivity index (χ3v) is 7.06. The van der Waals surface area contributed by atoms with Crippen molar-refractivity contribution in [2.45, 2.75) is 46.2 Å². The van der Waals surface area contributed by atoms with E-state index in [4.69, 9.17) is 11.6 Å². The van der Waals surface area contributed by atoms with Crippen LogP contribution in [0.25, 0.3) is 0 Å². The predicted molar refractivity (Wildman–Crippen MR) is 137 cm³/mol. The van der Waals surface area contributed by atoms with Crippen molar-refractivity contribution in [2.75, 3.05) is 23.7 Å². The van der Waals surface area contributed by atoms with Gasteiger partial charge >= 0.3 is 0 Å². The molecule has 0 aromatic heterocycles. The van der Waals surface area contributed by atoms with Crippen LogP contribution in [0.5, 0.6) is 0 Å². The second kappa shape index (κ2) is 13.0. The third-order valence-electron chi connectivity index (χ3n) is 5.49. The largest absolute Gasteiger partial charge is 0.354 e. The fourth-order valence-electron chi connectivity index (χ4n) is 3.49. The minimum absolute atomic E-state index is 0.0433. The van der Waals surface area contributed by atoms with Crippen molar-refractivity contribution in [3.05, 3.63) is 64.7 Å². The molecule has 0 bridgehead atoms. The molecule has 1 N–H and O–H groups in total. The van der Waals surface area contributed by atoms with Crippen molar-refractivity contribution in [3.63, 3.8) is 0 Å². The Morgan fingerprint density at radius 2 is 1.72 bits per heavy atom. The van der Waals surface area contributed by atoms with Crippen LogP contribution >= 0.6 is 11.6 Å². The first-order valence-electron chi connectivity index (χ1n) is 11.5. The van der Waals surface area contributed by atoms with Crippen LogP contribution in [0.15, 0.2) is 42.5 Å². The Balaban J connectivity index is 2.19. The number of benzene rings is 2. The summed E-state index contributed by atoms with van der Waals surface area (Å²) in [5.41, 5.74) is 0.619. The average molecular weight is 544 g/mol. The van der Waals surface area contributed by atoms with Crippen LogP contribution in [0, 0.1) is 17.6 Å². The fourth-order valence-corrected chi connectivity index (χ4v) is 4.64. The molecule has 2 aromatic rings. The Morgan fingerprint density at radius 3 is 2.31 bits per heavy atom. The molecule has 2 aromatic carbocycles. The molecule has 0 spiro atoms. The summed E-state index contributed by atoms with van der Waals surface area (Å²) in [6.45, 7) is 5.94. The summed E-state index contributed by atoms with van der Waals surface area (Å²) in [6.07, 6.45) is 0.952. The zero-order valence-electron chi connectivity index (χ0n) is 20.8. The molecule has 0 aliphatic carbocycles. The van der Waals surface area contributed by atoms with Crippen LogP contribution < -0.4 is 9.62 Å². The van der Waals surface area contributed by atoms with E-state index < -0.39 is 27.7 Å². The Hall–Kier alpha value is -2.72. The fraction of sp³-hybridized carbons (Fsp3) is 0.440. The van der Waals surface area contributed by atoms with Gasteiger partial charge in [-0.15, -0.1) is 0 Å². The Kier molecular flexibility index (Phi) is 10.7. The first-order valence-corrected chi connectivity index (χ1v) is 13.8. The topological polar surface area (TPSA) is 86.8 Å². The first-order chi connectivity index (χ1) is 16.8. The van der Waals surface area contributed by atoms with E-state index in [1.54, 1.807) is 31.2 Å². The van der Waals surface area contributed by atoms with Gasteiger partial charge in [-0.05, 0) is 43.0 Å². The smallest absolute Gasteiger partial charge is 0.242 e. The zero-order valence-corrected chi connectivity index (χ0v) is 22.4. The molecule has 11 heteroatoms. The molecule has 0 unspecified atom stereocenters. The quantitative estimate of drug-likeness (QED) is 0.431. The molecule has 0 heterocycles. The van der Waals surface area contributed by atoms with Gasteiger partial charge in [-0.25, -0.2) is 17.2 Å². The van der Waals surface area contributed by atoms with Gasteiger partial charge in [0.25, 0.3) is 0 Å². The summed E-state index contributed by atoms with van der Waals surface area (Å²) in [6, 6.07) is 8.98. The van der Waals surface area contributed by atoms with Gasteiger partial charge in [-0.3, -0.25) is 13.9 Å². The molecular weight excluding hydrogens is 512 g/mol. The maximum absolute atomic E-state index is 13.7. The number of rotatable bonds is 12. The number of sulfonamides is 1. The van der Waals surface area contributed by atoms with E-state index in [0.29, 0.717) is 17.1 Å². The second-order valence-corrected chi connectivity index (χ2v) is 11.3. The molecule has 0 saturated heterocycles. The van der Waals surface area contributed by atoms with E-state index >= 15 is 0 Å². The van der Waals surface area contributed by atoms with Crippen LogP contribution in [0.1, 0.15) is 39.2 Å². The van der Waals surface area contributed by atoms with Gasteiger partial charge in [-0.2, -0.15) is 0 Å². The van der Waals surface area contributed by atoms with Crippen molar-refractivity contribution < 1.29 is 26.8 Å². The number of hydrogen-bond acceptors (Lipinski definition) is 4. The van der Waals surface area contributed by atoms with Crippen LogP contribution in [0.2, 0.25) is 5.02 Å². The van der Waals surface area contributed by atoms with Crippen LogP contribution in [0.4, 0.5) is 14.5 Å². The van der Waals surface area contributed by atoms with E-state index in [1.807, 2.05) is 13.8 Å². The molecule has 2 amide bonds. The molecule has 2 rings (SSSR count). The number of nitrogens with zero attached hydrogens (tertiary/aromatic N) is 2. The third kappa shape index (κ3) is 8.44. The minimum atomic E-state index is -3.83. The number of amides is 2. The summed E-state index contributed by atoms with van der Waals surface area (Å²) in [5.74, 6) is -2.73. The highest BCUT2D eigenvalue weighted by molar-refractivity contribution is 7.92. The van der Waals surface area contributed by atoms with Gasteiger partial charge in [0.1, 0.15) is 6.04 Å². The number of carbonyl (C=O) groups is 2. The maximum atomic E-state index is 13.7. The van der Waals surface area contributed by atoms with Crippen molar-refractivity contribution >= 4 is 39.1 Å². The summed E-state index contributed by atoms with van der Waals surface area (Å²) < 4.78 is 52.5. The zero-order chi connectivity index (χ0) is 27.0.